The van der Waals surface area contributed by atoms with Crippen molar-refractivity contribution in [2.24, 2.45) is 5.41 Å². The number of allylic oxidation sites excluding steroid dienone is 2. The molecule has 2 aromatic carbocycles. The molecule has 0 unspecified atom stereocenters. The van der Waals surface area contributed by atoms with E-state index in [1.807, 2.05) is 0 Å². The van der Waals surface area contributed by atoms with Crippen molar-refractivity contribution in [1.82, 2.24) is 14.8 Å². The summed E-state index contributed by atoms with van der Waals surface area (Å²) in [5, 5.41) is 8.82. The van der Waals surface area contributed by atoms with Crippen LogP contribution in [0.3, 0.4) is 0 Å². The molecule has 33 heavy (non-hydrogen) atoms. The summed E-state index contributed by atoms with van der Waals surface area (Å²) < 4.78 is 15.4. The van der Waals surface area contributed by atoms with Crippen molar-refractivity contribution in [3.63, 3.8) is 0 Å². The van der Waals surface area contributed by atoms with Crippen molar-refractivity contribution in [1.29, 1.82) is 0 Å². The van der Waals surface area contributed by atoms with Gasteiger partial charge in [-0.1, -0.05) is 61.5 Å². The molecule has 170 valence electrons. The molecule has 5 nitrogen and oxygen atoms in total. The molecule has 1 aromatic heterocycles. The van der Waals surface area contributed by atoms with Crippen LogP contribution < -0.4 is 5.32 Å². The normalized spacial score (nSPS) is 19.2. The van der Waals surface area contributed by atoms with Gasteiger partial charge >= 0.3 is 0 Å². The molecule has 0 fully saturated rings. The third-order valence-corrected chi connectivity index (χ3v) is 7.24. The number of aromatic nitrogens is 3. The lowest BCUT2D eigenvalue weighted by Gasteiger charge is -2.38. The smallest absolute Gasteiger partial charge is 0.227 e. The number of fused-ring (bicyclic) bond motifs is 1. The molecular formula is C26H27FN4OS. The van der Waals surface area contributed by atoms with E-state index in [-0.39, 0.29) is 17.0 Å². The van der Waals surface area contributed by atoms with Gasteiger partial charge in [0.25, 0.3) is 0 Å². The van der Waals surface area contributed by atoms with Crippen LogP contribution in [0.1, 0.15) is 55.0 Å². The van der Waals surface area contributed by atoms with Crippen LogP contribution in [0.5, 0.6) is 0 Å². The van der Waals surface area contributed by atoms with Gasteiger partial charge in [0, 0.05) is 23.4 Å². The highest BCUT2D eigenvalue weighted by Gasteiger charge is 2.41. The first-order valence-electron chi connectivity index (χ1n) is 11.1. The molecule has 7 heteroatoms. The highest BCUT2D eigenvalue weighted by atomic mass is 32.2. The molecule has 2 heterocycles. The van der Waals surface area contributed by atoms with Crippen LogP contribution >= 0.6 is 11.8 Å². The molecule has 1 aliphatic carbocycles. The lowest BCUT2D eigenvalue weighted by molar-refractivity contribution is -0.118. The summed E-state index contributed by atoms with van der Waals surface area (Å²) in [5.41, 5.74) is 6.05. The number of thioether (sulfide) groups is 1. The molecule has 3 aromatic rings. The fourth-order valence-electron chi connectivity index (χ4n) is 4.75. The predicted molar refractivity (Wildman–Crippen MR) is 129 cm³/mol. The van der Waals surface area contributed by atoms with E-state index in [1.165, 1.54) is 28.8 Å². The number of hydrogen-bond acceptors (Lipinski definition) is 5. The van der Waals surface area contributed by atoms with Crippen LogP contribution in [0.25, 0.3) is 0 Å². The zero-order valence-corrected chi connectivity index (χ0v) is 20.1. The first kappa shape index (κ1) is 21.9. The largest absolute Gasteiger partial charge is 0.328 e. The van der Waals surface area contributed by atoms with Crippen LogP contribution in [0.2, 0.25) is 0 Å². The maximum atomic E-state index is 13.7. The molecular weight excluding hydrogens is 435 g/mol. The van der Waals surface area contributed by atoms with Gasteiger partial charge in [0.05, 0.1) is 0 Å². The van der Waals surface area contributed by atoms with Crippen LogP contribution in [-0.2, 0) is 10.5 Å². The standard InChI is InChI=1S/C26H27FN4OS/c1-15-5-6-18(16(2)11-15)14-33-25-29-24-28-20-12-26(3,4)13-21(32)22(20)23(31(24)30-25)17-7-9-19(27)10-8-17/h5-11,23H,12-14H2,1-4H3,(H,28,29,30)/t23-/m1/s1. The number of carbonyl (C=O) groups excluding carboxylic acids is 1. The average Bonchev–Trinajstić information content (AvgIpc) is 3.14. The number of nitrogens with one attached hydrogen (secondary N) is 1. The summed E-state index contributed by atoms with van der Waals surface area (Å²) in [7, 11) is 0. The Morgan fingerprint density at radius 1 is 1.15 bits per heavy atom. The number of benzene rings is 2. The Balaban J connectivity index is 1.51. The summed E-state index contributed by atoms with van der Waals surface area (Å²) in [5.74, 6) is 1.18. The highest BCUT2D eigenvalue weighted by Crippen LogP contribution is 2.45. The van der Waals surface area contributed by atoms with E-state index < -0.39 is 6.04 Å². The Morgan fingerprint density at radius 3 is 2.64 bits per heavy atom. The minimum atomic E-state index is -0.414. The van der Waals surface area contributed by atoms with Crippen molar-refractivity contribution >= 4 is 23.5 Å². The third kappa shape index (κ3) is 4.22. The number of halogens is 1. The van der Waals surface area contributed by atoms with Gasteiger partial charge in [0.2, 0.25) is 11.1 Å². The third-order valence-electron chi connectivity index (χ3n) is 6.35. The Hall–Kier alpha value is -2.93. The van der Waals surface area contributed by atoms with E-state index in [4.69, 9.17) is 10.1 Å². The van der Waals surface area contributed by atoms with Gasteiger partial charge in [-0.15, -0.1) is 5.10 Å². The van der Waals surface area contributed by atoms with E-state index in [9.17, 15) is 9.18 Å². The predicted octanol–water partition coefficient (Wildman–Crippen LogP) is 5.98. The zero-order chi connectivity index (χ0) is 23.3. The van der Waals surface area contributed by atoms with Gasteiger partial charge in [-0.25, -0.2) is 9.07 Å². The number of nitrogens with zero attached hydrogens (tertiary/aromatic N) is 3. The molecule has 1 N–H and O–H groups in total. The van der Waals surface area contributed by atoms with Crippen molar-refractivity contribution in [2.75, 3.05) is 5.32 Å². The molecule has 0 spiro atoms. The number of ketones is 1. The van der Waals surface area contributed by atoms with Crippen molar-refractivity contribution in [3.05, 3.63) is 81.8 Å². The lowest BCUT2D eigenvalue weighted by Crippen LogP contribution is -2.36. The summed E-state index contributed by atoms with van der Waals surface area (Å²) in [6, 6.07) is 12.4. The number of anilines is 1. The van der Waals surface area contributed by atoms with Crippen LogP contribution in [-0.4, -0.2) is 20.5 Å². The lowest BCUT2D eigenvalue weighted by atomic mass is 9.73. The van der Waals surface area contributed by atoms with Gasteiger partial charge in [-0.3, -0.25) is 4.79 Å². The molecule has 1 atom stereocenters. The number of Topliss-reactive ketones (excluding diaryl/α,β-unsaturated/α-hetero) is 1. The zero-order valence-electron chi connectivity index (χ0n) is 19.3. The second-order valence-corrected chi connectivity index (χ2v) is 10.7. The van der Waals surface area contributed by atoms with E-state index in [0.717, 1.165) is 23.4 Å². The van der Waals surface area contributed by atoms with Gasteiger partial charge < -0.3 is 5.32 Å². The number of hydrogen-bond donors (Lipinski definition) is 1. The Bertz CT molecular complexity index is 1280. The van der Waals surface area contributed by atoms with E-state index in [1.54, 1.807) is 28.6 Å². The molecule has 5 rings (SSSR count). The van der Waals surface area contributed by atoms with E-state index in [2.05, 4.69) is 51.2 Å². The molecule has 2 aliphatic rings. The molecule has 0 saturated carbocycles. The first-order chi connectivity index (χ1) is 15.7. The van der Waals surface area contributed by atoms with Gasteiger partial charge in [-0.2, -0.15) is 4.98 Å². The Kier molecular flexibility index (Phi) is 5.40. The molecule has 0 amide bonds. The summed E-state index contributed by atoms with van der Waals surface area (Å²) in [4.78, 5) is 18.0. The van der Waals surface area contributed by atoms with Gasteiger partial charge in [-0.05, 0) is 54.5 Å². The number of rotatable bonds is 4. The summed E-state index contributed by atoms with van der Waals surface area (Å²) >= 11 is 1.57. The summed E-state index contributed by atoms with van der Waals surface area (Å²) in [6.45, 7) is 8.42. The first-order valence-corrected chi connectivity index (χ1v) is 12.1. The van der Waals surface area contributed by atoms with Gasteiger partial charge in [0.15, 0.2) is 5.78 Å². The van der Waals surface area contributed by atoms with E-state index in [0.29, 0.717) is 23.1 Å². The monoisotopic (exact) mass is 462 g/mol. The number of carbonyl (C=O) groups is 1. The maximum absolute atomic E-state index is 13.7. The minimum Gasteiger partial charge on any atom is -0.328 e. The van der Waals surface area contributed by atoms with Crippen LogP contribution in [0.4, 0.5) is 10.3 Å². The molecule has 0 radical (unpaired) electrons. The topological polar surface area (TPSA) is 59.8 Å². The highest BCUT2D eigenvalue weighted by molar-refractivity contribution is 7.98. The van der Waals surface area contributed by atoms with Crippen molar-refractivity contribution in [2.45, 2.75) is 57.5 Å². The van der Waals surface area contributed by atoms with Crippen LogP contribution in [0, 0.1) is 25.1 Å². The van der Waals surface area contributed by atoms with E-state index >= 15 is 0 Å². The Labute approximate surface area is 197 Å². The van der Waals surface area contributed by atoms with Crippen molar-refractivity contribution in [3.8, 4) is 0 Å². The fraction of sp³-hybridized carbons (Fsp3) is 0.346. The van der Waals surface area contributed by atoms with Gasteiger partial charge in [0.1, 0.15) is 11.9 Å². The Morgan fingerprint density at radius 2 is 1.91 bits per heavy atom. The minimum absolute atomic E-state index is 0.105. The quantitative estimate of drug-likeness (QED) is 0.483. The van der Waals surface area contributed by atoms with Crippen molar-refractivity contribution < 1.29 is 9.18 Å². The summed E-state index contributed by atoms with van der Waals surface area (Å²) in [6.07, 6.45) is 1.23. The molecule has 1 aliphatic heterocycles. The molecule has 0 bridgehead atoms. The second-order valence-electron chi connectivity index (χ2n) is 9.79. The average molecular weight is 463 g/mol. The maximum Gasteiger partial charge on any atom is 0.227 e. The number of aryl methyl sites for hydroxylation is 2. The second kappa shape index (κ2) is 8.13. The fourth-order valence-corrected chi connectivity index (χ4v) is 5.66. The SMILES string of the molecule is Cc1ccc(CSc2nc3n(n2)[C@H](c2ccc(F)cc2)C2=C(CC(C)(C)CC2=O)N3)c(C)c1. The molecule has 0 saturated heterocycles. The van der Waals surface area contributed by atoms with Crippen LogP contribution in [0.15, 0.2) is 58.9 Å².